The summed E-state index contributed by atoms with van der Waals surface area (Å²) in [5, 5.41) is 5.14. The van der Waals surface area contributed by atoms with Crippen LogP contribution in [0.15, 0.2) is 0 Å². The molecule has 1 aliphatic rings. The van der Waals surface area contributed by atoms with Gasteiger partial charge in [0.15, 0.2) is 0 Å². The fourth-order valence-corrected chi connectivity index (χ4v) is 2.75. The largest absolute Gasteiger partial charge is 0.462 e. The fourth-order valence-electron chi connectivity index (χ4n) is 2.75. The maximum Gasteiger partial charge on any atom is 0.306 e. The number of rotatable bonds is 9. The van der Waals surface area contributed by atoms with E-state index in [1.807, 2.05) is 0 Å². The van der Waals surface area contributed by atoms with E-state index < -0.39 is 11.9 Å². The van der Waals surface area contributed by atoms with Crippen molar-refractivity contribution in [3.8, 4) is 0 Å². The molecule has 0 saturated heterocycles. The molecule has 0 bridgehead atoms. The number of nitrogens with one attached hydrogen (secondary N) is 2. The van der Waals surface area contributed by atoms with Crippen molar-refractivity contribution in [2.75, 3.05) is 0 Å². The lowest BCUT2D eigenvalue weighted by atomic mass is 9.98. The van der Waals surface area contributed by atoms with Crippen molar-refractivity contribution in [2.24, 2.45) is 0 Å². The Hall–Kier alpha value is -1.92. The summed E-state index contributed by atoms with van der Waals surface area (Å²) in [5.74, 6) is -1.04. The number of esters is 1. The molecule has 0 aromatic carbocycles. The molecule has 7 nitrogen and oxygen atoms in total. The molecular weight excluding hydrogens is 312 g/mol. The summed E-state index contributed by atoms with van der Waals surface area (Å²) in [6.45, 7) is 3.06. The van der Waals surface area contributed by atoms with Crippen molar-refractivity contribution in [1.29, 1.82) is 0 Å². The number of ether oxygens (including phenoxy) is 1. The van der Waals surface area contributed by atoms with Crippen molar-refractivity contribution >= 4 is 24.1 Å². The number of carbonyl (C=O) groups is 4. The summed E-state index contributed by atoms with van der Waals surface area (Å²) in [4.78, 5) is 45.5. The minimum absolute atomic E-state index is 0.0351. The van der Waals surface area contributed by atoms with E-state index in [0.717, 1.165) is 25.7 Å². The molecule has 2 N–H and O–H groups in total. The van der Waals surface area contributed by atoms with E-state index in [1.165, 1.54) is 13.3 Å². The second-order valence-corrected chi connectivity index (χ2v) is 6.35. The van der Waals surface area contributed by atoms with Gasteiger partial charge in [-0.1, -0.05) is 6.42 Å². The molecular formula is C17H28N2O5. The molecule has 1 rings (SSSR count). The Morgan fingerprint density at radius 1 is 1.17 bits per heavy atom. The number of amides is 2. The van der Waals surface area contributed by atoms with Gasteiger partial charge in [-0.05, 0) is 39.0 Å². The van der Waals surface area contributed by atoms with Gasteiger partial charge >= 0.3 is 5.97 Å². The highest BCUT2D eigenvalue weighted by molar-refractivity contribution is 5.88. The summed E-state index contributed by atoms with van der Waals surface area (Å²) < 4.78 is 5.43. The predicted molar refractivity (Wildman–Crippen MR) is 88.1 cm³/mol. The Balaban J connectivity index is 2.31. The van der Waals surface area contributed by atoms with E-state index in [9.17, 15) is 19.2 Å². The third kappa shape index (κ3) is 8.08. The standard InChI is InChI=1S/C17H28N2O5/c1-12(18-17(23)15(10-11-20)19-13(2)21)8-9-16(22)24-14-6-4-3-5-7-14/h11-12,14-15H,3-10H2,1-2H3,(H,18,23)(H,19,21)/t12?,15-/m0/s1. The number of hydrogen-bond acceptors (Lipinski definition) is 5. The first-order valence-corrected chi connectivity index (χ1v) is 8.63. The van der Waals surface area contributed by atoms with Crippen LogP contribution in [-0.2, 0) is 23.9 Å². The van der Waals surface area contributed by atoms with Gasteiger partial charge in [0, 0.05) is 25.8 Å². The first kappa shape index (κ1) is 20.1. The highest BCUT2D eigenvalue weighted by Gasteiger charge is 2.22. The molecule has 0 heterocycles. The molecule has 1 unspecified atom stereocenters. The highest BCUT2D eigenvalue weighted by atomic mass is 16.5. The molecule has 24 heavy (non-hydrogen) atoms. The predicted octanol–water partition coefficient (Wildman–Crippen LogP) is 1.24. The molecule has 2 amide bonds. The lowest BCUT2D eigenvalue weighted by Crippen LogP contribution is -2.48. The van der Waals surface area contributed by atoms with Crippen molar-refractivity contribution < 1.29 is 23.9 Å². The van der Waals surface area contributed by atoms with Gasteiger partial charge in [0.2, 0.25) is 11.8 Å². The van der Waals surface area contributed by atoms with E-state index in [4.69, 9.17) is 4.74 Å². The third-order valence-corrected chi connectivity index (χ3v) is 4.05. The molecule has 0 radical (unpaired) electrons. The van der Waals surface area contributed by atoms with E-state index in [0.29, 0.717) is 12.7 Å². The number of hydrogen-bond donors (Lipinski definition) is 2. The summed E-state index contributed by atoms with van der Waals surface area (Å²) in [6.07, 6.45) is 6.50. The zero-order chi connectivity index (χ0) is 17.9. The van der Waals surface area contributed by atoms with E-state index in [1.54, 1.807) is 6.92 Å². The van der Waals surface area contributed by atoms with Gasteiger partial charge in [-0.25, -0.2) is 0 Å². The van der Waals surface area contributed by atoms with Gasteiger partial charge < -0.3 is 20.2 Å². The number of carbonyl (C=O) groups excluding carboxylic acids is 4. The van der Waals surface area contributed by atoms with Crippen molar-refractivity contribution in [3.05, 3.63) is 0 Å². The van der Waals surface area contributed by atoms with Crippen LogP contribution in [0.5, 0.6) is 0 Å². The van der Waals surface area contributed by atoms with E-state index in [2.05, 4.69) is 10.6 Å². The van der Waals surface area contributed by atoms with E-state index >= 15 is 0 Å². The third-order valence-electron chi connectivity index (χ3n) is 4.05. The minimum atomic E-state index is -0.878. The molecule has 0 spiro atoms. The molecule has 0 aromatic rings. The van der Waals surface area contributed by atoms with Crippen molar-refractivity contribution in [1.82, 2.24) is 10.6 Å². The fraction of sp³-hybridized carbons (Fsp3) is 0.765. The van der Waals surface area contributed by atoms with Gasteiger partial charge in [0.25, 0.3) is 0 Å². The number of aldehydes is 1. The zero-order valence-electron chi connectivity index (χ0n) is 14.5. The van der Waals surface area contributed by atoms with Crippen LogP contribution >= 0.6 is 0 Å². The monoisotopic (exact) mass is 340 g/mol. The first-order chi connectivity index (χ1) is 11.4. The molecule has 1 aliphatic carbocycles. The highest BCUT2D eigenvalue weighted by Crippen LogP contribution is 2.20. The van der Waals surface area contributed by atoms with Gasteiger partial charge in [-0.3, -0.25) is 14.4 Å². The molecule has 136 valence electrons. The van der Waals surface area contributed by atoms with Crippen LogP contribution < -0.4 is 10.6 Å². The topological polar surface area (TPSA) is 102 Å². The summed E-state index contributed by atoms with van der Waals surface area (Å²) >= 11 is 0. The maximum atomic E-state index is 12.0. The lowest BCUT2D eigenvalue weighted by molar-refractivity contribution is -0.150. The van der Waals surface area contributed by atoms with Gasteiger partial charge in [-0.2, -0.15) is 0 Å². The molecule has 0 aliphatic heterocycles. The Morgan fingerprint density at radius 3 is 2.42 bits per heavy atom. The Labute approximate surface area is 142 Å². The van der Waals surface area contributed by atoms with Crippen molar-refractivity contribution in [3.63, 3.8) is 0 Å². The zero-order valence-corrected chi connectivity index (χ0v) is 14.5. The summed E-state index contributed by atoms with van der Waals surface area (Å²) in [6, 6.07) is -1.13. The molecule has 0 aromatic heterocycles. The summed E-state index contributed by atoms with van der Waals surface area (Å²) in [7, 11) is 0. The van der Waals surface area contributed by atoms with E-state index in [-0.39, 0.29) is 36.9 Å². The Kier molecular flexibility index (Phi) is 9.04. The second-order valence-electron chi connectivity index (χ2n) is 6.35. The molecule has 7 heteroatoms. The van der Waals surface area contributed by atoms with Crippen LogP contribution in [0.4, 0.5) is 0 Å². The summed E-state index contributed by atoms with van der Waals surface area (Å²) in [5.41, 5.74) is 0. The quantitative estimate of drug-likeness (QED) is 0.486. The van der Waals surface area contributed by atoms with Crippen LogP contribution in [0.1, 0.15) is 65.2 Å². The first-order valence-electron chi connectivity index (χ1n) is 8.63. The average molecular weight is 340 g/mol. The lowest BCUT2D eigenvalue weighted by Gasteiger charge is -2.22. The molecule has 2 atom stereocenters. The smallest absolute Gasteiger partial charge is 0.306 e. The van der Waals surface area contributed by atoms with Gasteiger partial charge in [0.05, 0.1) is 0 Å². The maximum absolute atomic E-state index is 12.0. The minimum Gasteiger partial charge on any atom is -0.462 e. The second kappa shape index (κ2) is 10.8. The van der Waals surface area contributed by atoms with Gasteiger partial charge in [-0.15, -0.1) is 0 Å². The van der Waals surface area contributed by atoms with Gasteiger partial charge in [0.1, 0.15) is 18.4 Å². The molecule has 1 saturated carbocycles. The normalized spacial score (nSPS) is 17.4. The van der Waals surface area contributed by atoms with Crippen LogP contribution in [0, 0.1) is 0 Å². The van der Waals surface area contributed by atoms with Crippen LogP contribution in [0.25, 0.3) is 0 Å². The Morgan fingerprint density at radius 2 is 1.83 bits per heavy atom. The van der Waals surface area contributed by atoms with Crippen molar-refractivity contribution in [2.45, 2.75) is 83.4 Å². The van der Waals surface area contributed by atoms with Crippen LogP contribution in [0.2, 0.25) is 0 Å². The SMILES string of the molecule is CC(=O)N[C@@H](CC=O)C(=O)NC(C)CCC(=O)OC1CCCCC1. The van der Waals surface area contributed by atoms with Crippen LogP contribution in [-0.4, -0.2) is 42.3 Å². The average Bonchev–Trinajstić information content (AvgIpc) is 2.53. The Bertz CT molecular complexity index is 446. The molecule has 1 fully saturated rings. The van der Waals surface area contributed by atoms with Crippen LogP contribution in [0.3, 0.4) is 0 Å².